The summed E-state index contributed by atoms with van der Waals surface area (Å²) in [6, 6.07) is 9.04. The molecule has 0 saturated heterocycles. The van der Waals surface area contributed by atoms with Crippen LogP contribution in [0.2, 0.25) is 0 Å². The average molecular weight is 265 g/mol. The number of nitrogens with one attached hydrogen (secondary N) is 2. The second-order valence-corrected chi connectivity index (χ2v) is 5.63. The monoisotopic (exact) mass is 265 g/mol. The first-order valence-corrected chi connectivity index (χ1v) is 7.27. The Hall–Kier alpha value is -1.16. The molecule has 3 nitrogen and oxygen atoms in total. The Labute approximate surface area is 114 Å². The van der Waals surface area contributed by atoms with Crippen molar-refractivity contribution in [3.63, 3.8) is 0 Å². The van der Waals surface area contributed by atoms with Gasteiger partial charge in [-0.3, -0.25) is 4.99 Å². The van der Waals surface area contributed by atoms with E-state index in [0.717, 1.165) is 18.3 Å². The minimum absolute atomic E-state index is 0.404. The van der Waals surface area contributed by atoms with Crippen LogP contribution in [-0.2, 0) is 0 Å². The van der Waals surface area contributed by atoms with Crippen molar-refractivity contribution in [2.45, 2.75) is 31.7 Å². The lowest BCUT2D eigenvalue weighted by molar-refractivity contribution is 0.706. The van der Waals surface area contributed by atoms with Crippen LogP contribution in [-0.4, -0.2) is 31.3 Å². The predicted molar refractivity (Wildman–Crippen MR) is 81.5 cm³/mol. The minimum atomic E-state index is 0.404. The van der Waals surface area contributed by atoms with Gasteiger partial charge >= 0.3 is 0 Å². The average Bonchev–Trinajstić information content (AvgIpc) is 2.34. The van der Waals surface area contributed by atoms with Crippen molar-refractivity contribution >= 4 is 17.7 Å². The van der Waals surface area contributed by atoms with Crippen molar-refractivity contribution in [3.8, 4) is 0 Å². The SMILES string of the molecule is CN=C(NCCSc1ccc(C)cc1)NC(C)C. The summed E-state index contributed by atoms with van der Waals surface area (Å²) in [4.78, 5) is 5.48. The van der Waals surface area contributed by atoms with Crippen LogP contribution in [0.15, 0.2) is 34.2 Å². The van der Waals surface area contributed by atoms with Crippen molar-refractivity contribution in [2.24, 2.45) is 4.99 Å². The highest BCUT2D eigenvalue weighted by Gasteiger charge is 1.99. The van der Waals surface area contributed by atoms with Crippen LogP contribution in [0.1, 0.15) is 19.4 Å². The largest absolute Gasteiger partial charge is 0.356 e. The third-order valence-electron chi connectivity index (χ3n) is 2.33. The van der Waals surface area contributed by atoms with Gasteiger partial charge in [0.05, 0.1) is 0 Å². The van der Waals surface area contributed by atoms with Crippen LogP contribution in [0.3, 0.4) is 0 Å². The van der Waals surface area contributed by atoms with Gasteiger partial charge in [-0.15, -0.1) is 11.8 Å². The molecule has 0 spiro atoms. The molecule has 100 valence electrons. The molecule has 2 N–H and O–H groups in total. The fourth-order valence-corrected chi connectivity index (χ4v) is 2.21. The van der Waals surface area contributed by atoms with Crippen molar-refractivity contribution in [3.05, 3.63) is 29.8 Å². The zero-order valence-electron chi connectivity index (χ0n) is 11.7. The van der Waals surface area contributed by atoms with Gasteiger partial charge in [-0.25, -0.2) is 0 Å². The molecule has 1 aromatic carbocycles. The first-order chi connectivity index (χ1) is 8.61. The van der Waals surface area contributed by atoms with E-state index in [-0.39, 0.29) is 0 Å². The predicted octanol–water partition coefficient (Wildman–Crippen LogP) is 2.66. The summed E-state index contributed by atoms with van der Waals surface area (Å²) in [5, 5.41) is 6.57. The molecule has 0 heterocycles. The summed E-state index contributed by atoms with van der Waals surface area (Å²) in [6.07, 6.45) is 0. The smallest absolute Gasteiger partial charge is 0.191 e. The van der Waals surface area contributed by atoms with Crippen LogP contribution in [0.25, 0.3) is 0 Å². The Morgan fingerprint density at radius 1 is 1.28 bits per heavy atom. The fraction of sp³-hybridized carbons (Fsp3) is 0.500. The number of rotatable bonds is 5. The van der Waals surface area contributed by atoms with E-state index >= 15 is 0 Å². The molecule has 18 heavy (non-hydrogen) atoms. The number of hydrogen-bond donors (Lipinski definition) is 2. The van der Waals surface area contributed by atoms with Crippen LogP contribution in [0.5, 0.6) is 0 Å². The number of aryl methyl sites for hydroxylation is 1. The maximum atomic E-state index is 4.17. The molecule has 0 bridgehead atoms. The van der Waals surface area contributed by atoms with Crippen LogP contribution in [0.4, 0.5) is 0 Å². The molecule has 0 radical (unpaired) electrons. The number of benzene rings is 1. The first kappa shape index (κ1) is 14.9. The van der Waals surface area contributed by atoms with Crippen molar-refractivity contribution < 1.29 is 0 Å². The number of thioether (sulfide) groups is 1. The van der Waals surface area contributed by atoms with Gasteiger partial charge in [0.25, 0.3) is 0 Å². The highest BCUT2D eigenvalue weighted by molar-refractivity contribution is 7.99. The molecule has 0 amide bonds. The van der Waals surface area contributed by atoms with Gasteiger partial charge in [0, 0.05) is 30.3 Å². The van der Waals surface area contributed by atoms with E-state index < -0.39 is 0 Å². The first-order valence-electron chi connectivity index (χ1n) is 6.28. The Morgan fingerprint density at radius 2 is 1.94 bits per heavy atom. The van der Waals surface area contributed by atoms with Crippen LogP contribution >= 0.6 is 11.8 Å². The van der Waals surface area contributed by atoms with Gasteiger partial charge in [0.15, 0.2) is 5.96 Å². The molecule has 0 saturated carbocycles. The van der Waals surface area contributed by atoms with Gasteiger partial charge in [0.2, 0.25) is 0 Å². The number of nitrogens with zero attached hydrogens (tertiary/aromatic N) is 1. The summed E-state index contributed by atoms with van der Waals surface area (Å²) in [7, 11) is 1.80. The quantitative estimate of drug-likeness (QED) is 0.372. The van der Waals surface area contributed by atoms with Gasteiger partial charge < -0.3 is 10.6 Å². The fourth-order valence-electron chi connectivity index (χ4n) is 1.44. The lowest BCUT2D eigenvalue weighted by Crippen LogP contribution is -2.41. The molecule has 1 aromatic rings. The van der Waals surface area contributed by atoms with Crippen molar-refractivity contribution in [1.29, 1.82) is 0 Å². The van der Waals surface area contributed by atoms with Crippen molar-refractivity contribution in [1.82, 2.24) is 10.6 Å². The maximum absolute atomic E-state index is 4.17. The number of hydrogen-bond acceptors (Lipinski definition) is 2. The molecule has 0 fully saturated rings. The molecule has 0 atom stereocenters. The third-order valence-corrected chi connectivity index (χ3v) is 3.35. The molecule has 0 unspecified atom stereocenters. The van der Waals surface area contributed by atoms with E-state index in [1.807, 2.05) is 11.8 Å². The maximum Gasteiger partial charge on any atom is 0.191 e. The van der Waals surface area contributed by atoms with E-state index in [2.05, 4.69) is 60.7 Å². The topological polar surface area (TPSA) is 36.4 Å². The van der Waals surface area contributed by atoms with Gasteiger partial charge in [0.1, 0.15) is 0 Å². The van der Waals surface area contributed by atoms with E-state index in [1.54, 1.807) is 7.05 Å². The molecule has 4 heteroatoms. The summed E-state index contributed by atoms with van der Waals surface area (Å²) in [5.74, 6) is 1.90. The summed E-state index contributed by atoms with van der Waals surface area (Å²) in [6.45, 7) is 7.23. The van der Waals surface area contributed by atoms with Crippen LogP contribution < -0.4 is 10.6 Å². The zero-order chi connectivity index (χ0) is 13.4. The molecule has 0 aliphatic rings. The van der Waals surface area contributed by atoms with E-state index in [4.69, 9.17) is 0 Å². The lowest BCUT2D eigenvalue weighted by atomic mass is 10.2. The van der Waals surface area contributed by atoms with E-state index in [1.165, 1.54) is 10.5 Å². The summed E-state index contributed by atoms with van der Waals surface area (Å²) in [5.41, 5.74) is 1.30. The van der Waals surface area contributed by atoms with E-state index in [0.29, 0.717) is 6.04 Å². The minimum Gasteiger partial charge on any atom is -0.356 e. The highest BCUT2D eigenvalue weighted by atomic mass is 32.2. The second kappa shape index (κ2) is 8.03. The van der Waals surface area contributed by atoms with Gasteiger partial charge in [-0.1, -0.05) is 17.7 Å². The summed E-state index contributed by atoms with van der Waals surface area (Å²) < 4.78 is 0. The third kappa shape index (κ3) is 5.96. The Morgan fingerprint density at radius 3 is 2.50 bits per heavy atom. The summed E-state index contributed by atoms with van der Waals surface area (Å²) >= 11 is 1.86. The van der Waals surface area contributed by atoms with E-state index in [9.17, 15) is 0 Å². The standard InChI is InChI=1S/C14H23N3S/c1-11(2)17-14(15-4)16-9-10-18-13-7-5-12(3)6-8-13/h5-8,11H,9-10H2,1-4H3,(H2,15,16,17). The number of aliphatic imine (C=N–C) groups is 1. The molecular formula is C14H23N3S. The van der Waals surface area contributed by atoms with Gasteiger partial charge in [-0.05, 0) is 32.9 Å². The molecule has 0 aliphatic carbocycles. The molecule has 0 aliphatic heterocycles. The zero-order valence-corrected chi connectivity index (χ0v) is 12.5. The van der Waals surface area contributed by atoms with Crippen LogP contribution in [0, 0.1) is 6.92 Å². The normalized spacial score (nSPS) is 11.7. The molecular weight excluding hydrogens is 242 g/mol. The van der Waals surface area contributed by atoms with Crippen molar-refractivity contribution in [2.75, 3.05) is 19.3 Å². The second-order valence-electron chi connectivity index (χ2n) is 4.46. The Bertz CT molecular complexity index is 371. The lowest BCUT2D eigenvalue weighted by Gasteiger charge is -2.14. The Balaban J connectivity index is 2.24. The molecule has 1 rings (SSSR count). The van der Waals surface area contributed by atoms with Gasteiger partial charge in [-0.2, -0.15) is 0 Å². The Kier molecular flexibility index (Phi) is 6.65. The number of guanidine groups is 1. The highest BCUT2D eigenvalue weighted by Crippen LogP contribution is 2.17. The molecule has 0 aromatic heterocycles.